The number of methoxy groups -OCH3 is 1. The van der Waals surface area contributed by atoms with E-state index in [2.05, 4.69) is 24.0 Å². The Hall–Kier alpha value is -1.22. The summed E-state index contributed by atoms with van der Waals surface area (Å²) in [5, 5.41) is 0. The average Bonchev–Trinajstić information content (AvgIpc) is 2.32. The predicted molar refractivity (Wildman–Crippen MR) is 71.5 cm³/mol. The molecule has 1 aliphatic rings. The Morgan fingerprint density at radius 2 is 2.18 bits per heavy atom. The zero-order valence-corrected chi connectivity index (χ0v) is 10.8. The lowest BCUT2D eigenvalue weighted by molar-refractivity contribution is 0.368. The van der Waals surface area contributed by atoms with Crippen LogP contribution in [0.1, 0.15) is 25.3 Å². The van der Waals surface area contributed by atoms with Gasteiger partial charge in [0.2, 0.25) is 0 Å². The van der Waals surface area contributed by atoms with Gasteiger partial charge in [-0.2, -0.15) is 0 Å². The third-order valence-corrected chi connectivity index (χ3v) is 3.47. The molecule has 3 nitrogen and oxygen atoms in total. The van der Waals surface area contributed by atoms with Crippen LogP contribution in [0.25, 0.3) is 0 Å². The van der Waals surface area contributed by atoms with E-state index >= 15 is 0 Å². The Morgan fingerprint density at radius 1 is 1.41 bits per heavy atom. The van der Waals surface area contributed by atoms with Crippen LogP contribution in [-0.2, 0) is 6.54 Å². The van der Waals surface area contributed by atoms with Gasteiger partial charge in [-0.05, 0) is 30.0 Å². The van der Waals surface area contributed by atoms with Crippen molar-refractivity contribution in [3.63, 3.8) is 0 Å². The van der Waals surface area contributed by atoms with Crippen molar-refractivity contribution in [2.24, 2.45) is 11.7 Å². The van der Waals surface area contributed by atoms with Gasteiger partial charge < -0.3 is 15.4 Å². The molecule has 0 bridgehead atoms. The van der Waals surface area contributed by atoms with Crippen LogP contribution in [0.4, 0.5) is 5.69 Å². The molecule has 2 rings (SSSR count). The highest BCUT2D eigenvalue weighted by molar-refractivity contribution is 5.61. The van der Waals surface area contributed by atoms with Crippen LogP contribution in [0.15, 0.2) is 18.2 Å². The topological polar surface area (TPSA) is 38.5 Å². The van der Waals surface area contributed by atoms with Gasteiger partial charge in [-0.3, -0.25) is 0 Å². The predicted octanol–water partition coefficient (Wildman–Crippen LogP) is 2.39. The minimum absolute atomic E-state index is 0.565. The van der Waals surface area contributed by atoms with Crippen molar-refractivity contribution in [3.8, 4) is 5.75 Å². The molecular weight excluding hydrogens is 212 g/mol. The van der Waals surface area contributed by atoms with Gasteiger partial charge in [0.05, 0.1) is 12.8 Å². The van der Waals surface area contributed by atoms with E-state index in [1.54, 1.807) is 7.11 Å². The van der Waals surface area contributed by atoms with Gasteiger partial charge in [0.25, 0.3) is 0 Å². The molecule has 0 aromatic heterocycles. The summed E-state index contributed by atoms with van der Waals surface area (Å²) >= 11 is 0. The number of hydrogen-bond acceptors (Lipinski definition) is 3. The molecule has 1 aromatic rings. The first kappa shape index (κ1) is 12.2. The summed E-state index contributed by atoms with van der Waals surface area (Å²) in [6, 6.07) is 6.26. The molecule has 0 radical (unpaired) electrons. The van der Waals surface area contributed by atoms with E-state index in [1.165, 1.54) is 18.5 Å². The van der Waals surface area contributed by atoms with Crippen LogP contribution in [0.5, 0.6) is 5.75 Å². The fourth-order valence-electron chi connectivity index (χ4n) is 2.47. The maximum atomic E-state index is 5.64. The van der Waals surface area contributed by atoms with Crippen LogP contribution in [0.3, 0.4) is 0 Å². The van der Waals surface area contributed by atoms with Crippen molar-refractivity contribution in [2.45, 2.75) is 26.3 Å². The SMILES string of the molecule is CCCC1CN(c2ccc(CN)cc2OC)C1. The fraction of sp³-hybridized carbons (Fsp3) is 0.571. The normalized spacial score (nSPS) is 15.8. The van der Waals surface area contributed by atoms with Crippen molar-refractivity contribution in [2.75, 3.05) is 25.1 Å². The lowest BCUT2D eigenvalue weighted by atomic mass is 9.94. The number of nitrogens with zero attached hydrogens (tertiary/aromatic N) is 1. The van der Waals surface area contributed by atoms with Crippen LogP contribution < -0.4 is 15.4 Å². The van der Waals surface area contributed by atoms with Crippen LogP contribution in [0.2, 0.25) is 0 Å². The van der Waals surface area contributed by atoms with E-state index in [4.69, 9.17) is 10.5 Å². The Bertz CT molecular complexity index is 372. The zero-order valence-electron chi connectivity index (χ0n) is 10.8. The summed E-state index contributed by atoms with van der Waals surface area (Å²) in [5.74, 6) is 1.81. The van der Waals surface area contributed by atoms with E-state index < -0.39 is 0 Å². The van der Waals surface area contributed by atoms with E-state index in [0.29, 0.717) is 6.54 Å². The fourth-order valence-corrected chi connectivity index (χ4v) is 2.47. The zero-order chi connectivity index (χ0) is 12.3. The summed E-state index contributed by atoms with van der Waals surface area (Å²) in [7, 11) is 1.72. The third-order valence-electron chi connectivity index (χ3n) is 3.47. The third kappa shape index (κ3) is 2.55. The summed E-state index contributed by atoms with van der Waals surface area (Å²) in [4.78, 5) is 2.39. The molecule has 94 valence electrons. The van der Waals surface area contributed by atoms with Crippen LogP contribution in [0, 0.1) is 5.92 Å². The van der Waals surface area contributed by atoms with Crippen molar-refractivity contribution in [1.82, 2.24) is 0 Å². The van der Waals surface area contributed by atoms with Gasteiger partial charge in [-0.15, -0.1) is 0 Å². The summed E-state index contributed by atoms with van der Waals surface area (Å²) in [6.07, 6.45) is 2.61. The molecule has 0 atom stereocenters. The molecule has 3 heteroatoms. The maximum absolute atomic E-state index is 5.64. The van der Waals surface area contributed by atoms with Gasteiger partial charge in [0, 0.05) is 19.6 Å². The van der Waals surface area contributed by atoms with Gasteiger partial charge in [-0.1, -0.05) is 19.4 Å². The van der Waals surface area contributed by atoms with Gasteiger partial charge >= 0.3 is 0 Å². The van der Waals surface area contributed by atoms with Crippen LogP contribution >= 0.6 is 0 Å². The van der Waals surface area contributed by atoms with Gasteiger partial charge in [0.1, 0.15) is 5.75 Å². The first-order valence-corrected chi connectivity index (χ1v) is 6.40. The quantitative estimate of drug-likeness (QED) is 0.850. The Kier molecular flexibility index (Phi) is 3.89. The van der Waals surface area contributed by atoms with Crippen molar-refractivity contribution >= 4 is 5.69 Å². The first-order chi connectivity index (χ1) is 8.28. The smallest absolute Gasteiger partial charge is 0.142 e. The van der Waals surface area contributed by atoms with Gasteiger partial charge in [0.15, 0.2) is 0 Å². The molecule has 1 aromatic carbocycles. The Morgan fingerprint density at radius 3 is 2.76 bits per heavy atom. The minimum Gasteiger partial charge on any atom is -0.495 e. The summed E-state index contributed by atoms with van der Waals surface area (Å²) in [5.41, 5.74) is 7.97. The second kappa shape index (κ2) is 5.41. The lowest BCUT2D eigenvalue weighted by Gasteiger charge is -2.41. The molecule has 2 N–H and O–H groups in total. The van der Waals surface area contributed by atoms with E-state index in [-0.39, 0.29) is 0 Å². The molecule has 0 amide bonds. The second-order valence-corrected chi connectivity index (χ2v) is 4.77. The molecular formula is C14H22N2O. The molecule has 1 aliphatic heterocycles. The number of nitrogens with two attached hydrogens (primary N) is 1. The number of anilines is 1. The van der Waals surface area contributed by atoms with Gasteiger partial charge in [-0.25, -0.2) is 0 Å². The minimum atomic E-state index is 0.565. The highest BCUT2D eigenvalue weighted by Crippen LogP contribution is 2.35. The molecule has 0 unspecified atom stereocenters. The standard InChI is InChI=1S/C14H22N2O/c1-3-4-12-9-16(10-12)13-6-5-11(8-15)7-14(13)17-2/h5-7,12H,3-4,8-10,15H2,1-2H3. The number of benzene rings is 1. The second-order valence-electron chi connectivity index (χ2n) is 4.77. The Balaban J connectivity index is 2.06. The summed E-state index contributed by atoms with van der Waals surface area (Å²) < 4.78 is 5.44. The highest BCUT2D eigenvalue weighted by atomic mass is 16.5. The van der Waals surface area contributed by atoms with E-state index in [1.807, 2.05) is 6.07 Å². The van der Waals surface area contributed by atoms with E-state index in [9.17, 15) is 0 Å². The molecule has 0 spiro atoms. The molecule has 17 heavy (non-hydrogen) atoms. The van der Waals surface area contributed by atoms with Crippen molar-refractivity contribution in [1.29, 1.82) is 0 Å². The monoisotopic (exact) mass is 234 g/mol. The number of rotatable bonds is 5. The van der Waals surface area contributed by atoms with Crippen molar-refractivity contribution < 1.29 is 4.74 Å². The van der Waals surface area contributed by atoms with Crippen molar-refractivity contribution in [3.05, 3.63) is 23.8 Å². The van der Waals surface area contributed by atoms with E-state index in [0.717, 1.165) is 30.3 Å². The molecule has 1 heterocycles. The lowest BCUT2D eigenvalue weighted by Crippen LogP contribution is -2.46. The Labute approximate surface area is 104 Å². The average molecular weight is 234 g/mol. The highest BCUT2D eigenvalue weighted by Gasteiger charge is 2.27. The largest absolute Gasteiger partial charge is 0.495 e. The van der Waals surface area contributed by atoms with Crippen LogP contribution in [-0.4, -0.2) is 20.2 Å². The maximum Gasteiger partial charge on any atom is 0.142 e. The summed E-state index contributed by atoms with van der Waals surface area (Å²) in [6.45, 7) is 5.13. The molecule has 0 aliphatic carbocycles. The first-order valence-electron chi connectivity index (χ1n) is 6.40. The number of ether oxygens (including phenoxy) is 1. The number of hydrogen-bond donors (Lipinski definition) is 1. The molecule has 1 saturated heterocycles. The molecule has 1 fully saturated rings. The molecule has 0 saturated carbocycles.